The lowest BCUT2D eigenvalue weighted by atomic mass is 10.0. The van der Waals surface area contributed by atoms with E-state index in [1.54, 1.807) is 0 Å². The van der Waals surface area contributed by atoms with Crippen LogP contribution in [0.3, 0.4) is 0 Å². The van der Waals surface area contributed by atoms with Crippen molar-refractivity contribution >= 4 is 0 Å². The minimum atomic E-state index is -1.11. The molecule has 0 aliphatic carbocycles. The first-order valence-corrected chi connectivity index (χ1v) is 4.57. The fourth-order valence-electron chi connectivity index (χ4n) is 1.39. The third-order valence-corrected chi connectivity index (χ3v) is 2.12. The van der Waals surface area contributed by atoms with Crippen LogP contribution in [0.2, 0.25) is 0 Å². The quantitative estimate of drug-likeness (QED) is 0.843. The van der Waals surface area contributed by atoms with Crippen LogP contribution in [0.5, 0.6) is 0 Å². The van der Waals surface area contributed by atoms with Crippen molar-refractivity contribution in [1.29, 1.82) is 0 Å². The summed E-state index contributed by atoms with van der Waals surface area (Å²) >= 11 is 0. The van der Waals surface area contributed by atoms with Gasteiger partial charge in [0.1, 0.15) is 17.7 Å². The van der Waals surface area contributed by atoms with E-state index in [1.807, 2.05) is 0 Å². The number of aliphatic hydroxyl groups excluding tert-OH is 1. The van der Waals surface area contributed by atoms with E-state index in [1.165, 1.54) is 18.5 Å². The number of aromatic nitrogens is 2. The maximum absolute atomic E-state index is 12.9. The minimum Gasteiger partial charge on any atom is -0.384 e. The molecule has 2 aromatic rings. The maximum Gasteiger partial charge on any atom is 0.126 e. The van der Waals surface area contributed by atoms with Crippen molar-refractivity contribution < 1.29 is 13.9 Å². The Morgan fingerprint density at radius 1 is 1.00 bits per heavy atom. The zero-order valence-electron chi connectivity index (χ0n) is 8.14. The van der Waals surface area contributed by atoms with Gasteiger partial charge in [0, 0.05) is 17.8 Å². The minimum absolute atomic E-state index is 0.144. The van der Waals surface area contributed by atoms with E-state index in [2.05, 4.69) is 10.2 Å². The maximum atomic E-state index is 12.9. The predicted octanol–water partition coefficient (Wildman–Crippen LogP) is 1.84. The highest BCUT2D eigenvalue weighted by molar-refractivity contribution is 5.28. The molecule has 1 heterocycles. The summed E-state index contributed by atoms with van der Waals surface area (Å²) in [6.45, 7) is 0. The lowest BCUT2D eigenvalue weighted by molar-refractivity contribution is 0.218. The Labute approximate surface area is 90.4 Å². The van der Waals surface area contributed by atoms with Crippen LogP contribution in [0.15, 0.2) is 36.7 Å². The largest absolute Gasteiger partial charge is 0.384 e. The van der Waals surface area contributed by atoms with Crippen molar-refractivity contribution in [2.45, 2.75) is 6.10 Å². The van der Waals surface area contributed by atoms with Crippen LogP contribution in [-0.4, -0.2) is 15.3 Å². The van der Waals surface area contributed by atoms with E-state index in [0.29, 0.717) is 5.56 Å². The molecule has 0 radical (unpaired) electrons. The Morgan fingerprint density at radius 3 is 2.25 bits per heavy atom. The van der Waals surface area contributed by atoms with E-state index in [9.17, 15) is 13.9 Å². The van der Waals surface area contributed by atoms with Gasteiger partial charge in [0.25, 0.3) is 0 Å². The summed E-state index contributed by atoms with van der Waals surface area (Å²) < 4.78 is 25.8. The second-order valence-corrected chi connectivity index (χ2v) is 3.28. The van der Waals surface area contributed by atoms with Gasteiger partial charge in [0.15, 0.2) is 0 Å². The van der Waals surface area contributed by atoms with Crippen LogP contribution in [0.25, 0.3) is 0 Å². The van der Waals surface area contributed by atoms with Gasteiger partial charge in [-0.25, -0.2) is 8.78 Å². The standard InChI is InChI=1S/C11H8F2N2O/c12-9-3-8(4-10(13)5-9)11(16)7-1-2-14-15-6-7/h1-6,11,16H. The predicted molar refractivity (Wildman–Crippen MR) is 52.5 cm³/mol. The average molecular weight is 222 g/mol. The zero-order valence-corrected chi connectivity index (χ0v) is 8.14. The average Bonchev–Trinajstić information content (AvgIpc) is 2.28. The molecule has 1 N–H and O–H groups in total. The van der Waals surface area contributed by atoms with Gasteiger partial charge < -0.3 is 5.11 Å². The molecular weight excluding hydrogens is 214 g/mol. The zero-order chi connectivity index (χ0) is 11.5. The van der Waals surface area contributed by atoms with E-state index in [4.69, 9.17) is 0 Å². The molecule has 1 atom stereocenters. The smallest absolute Gasteiger partial charge is 0.126 e. The molecule has 82 valence electrons. The number of benzene rings is 1. The topological polar surface area (TPSA) is 46.0 Å². The van der Waals surface area contributed by atoms with Gasteiger partial charge in [0.05, 0.1) is 6.20 Å². The van der Waals surface area contributed by atoms with Crippen LogP contribution >= 0.6 is 0 Å². The Morgan fingerprint density at radius 2 is 1.69 bits per heavy atom. The van der Waals surface area contributed by atoms with E-state index in [0.717, 1.165) is 18.2 Å². The van der Waals surface area contributed by atoms with Crippen LogP contribution in [0, 0.1) is 11.6 Å². The molecule has 1 aromatic carbocycles. The molecule has 5 heteroatoms. The van der Waals surface area contributed by atoms with Crippen LogP contribution in [0.1, 0.15) is 17.2 Å². The SMILES string of the molecule is OC(c1ccnnc1)c1cc(F)cc(F)c1. The third-order valence-electron chi connectivity index (χ3n) is 2.12. The molecule has 0 fully saturated rings. The number of aliphatic hydroxyl groups is 1. The second-order valence-electron chi connectivity index (χ2n) is 3.28. The highest BCUT2D eigenvalue weighted by Crippen LogP contribution is 2.22. The van der Waals surface area contributed by atoms with E-state index < -0.39 is 17.7 Å². The van der Waals surface area contributed by atoms with Crippen LogP contribution < -0.4 is 0 Å². The lowest BCUT2D eigenvalue weighted by Gasteiger charge is -2.10. The summed E-state index contributed by atoms with van der Waals surface area (Å²) in [5.74, 6) is -1.45. The Hall–Kier alpha value is -1.88. The Balaban J connectivity index is 2.37. The van der Waals surface area contributed by atoms with Crippen molar-refractivity contribution in [3.63, 3.8) is 0 Å². The van der Waals surface area contributed by atoms with Gasteiger partial charge >= 0.3 is 0 Å². The second kappa shape index (κ2) is 4.32. The van der Waals surface area contributed by atoms with Crippen LogP contribution in [0.4, 0.5) is 8.78 Å². The van der Waals surface area contributed by atoms with Gasteiger partial charge in [-0.1, -0.05) is 0 Å². The molecule has 2 rings (SSSR count). The first kappa shape index (κ1) is 10.6. The first-order chi connectivity index (χ1) is 7.66. The molecule has 0 amide bonds. The van der Waals surface area contributed by atoms with Crippen molar-refractivity contribution in [3.8, 4) is 0 Å². The monoisotopic (exact) mass is 222 g/mol. The summed E-state index contributed by atoms with van der Waals surface area (Å²) in [5, 5.41) is 17.0. The lowest BCUT2D eigenvalue weighted by Crippen LogP contribution is -2.02. The summed E-state index contributed by atoms with van der Waals surface area (Å²) in [5.41, 5.74) is 0.575. The molecule has 16 heavy (non-hydrogen) atoms. The van der Waals surface area contributed by atoms with Gasteiger partial charge in [-0.05, 0) is 23.8 Å². The number of hydrogen-bond donors (Lipinski definition) is 1. The van der Waals surface area contributed by atoms with Crippen molar-refractivity contribution in [2.75, 3.05) is 0 Å². The van der Waals surface area contributed by atoms with Crippen molar-refractivity contribution in [3.05, 3.63) is 59.4 Å². The summed E-state index contributed by atoms with van der Waals surface area (Å²) in [4.78, 5) is 0. The summed E-state index contributed by atoms with van der Waals surface area (Å²) in [7, 11) is 0. The van der Waals surface area contributed by atoms with Crippen molar-refractivity contribution in [2.24, 2.45) is 0 Å². The fraction of sp³-hybridized carbons (Fsp3) is 0.0909. The highest BCUT2D eigenvalue weighted by atomic mass is 19.1. The molecule has 0 aliphatic heterocycles. The van der Waals surface area contributed by atoms with Gasteiger partial charge in [0.2, 0.25) is 0 Å². The Bertz CT molecular complexity index is 470. The molecule has 0 saturated heterocycles. The highest BCUT2D eigenvalue weighted by Gasteiger charge is 2.12. The molecule has 1 aromatic heterocycles. The van der Waals surface area contributed by atoms with E-state index >= 15 is 0 Å². The molecule has 1 unspecified atom stereocenters. The molecule has 0 bridgehead atoms. The molecule has 0 aliphatic rings. The van der Waals surface area contributed by atoms with Crippen molar-refractivity contribution in [1.82, 2.24) is 10.2 Å². The summed E-state index contributed by atoms with van der Waals surface area (Å²) in [6, 6.07) is 4.43. The number of nitrogens with zero attached hydrogens (tertiary/aromatic N) is 2. The number of rotatable bonds is 2. The van der Waals surface area contributed by atoms with Gasteiger partial charge in [-0.2, -0.15) is 10.2 Å². The molecule has 0 saturated carbocycles. The number of hydrogen-bond acceptors (Lipinski definition) is 3. The molecule has 3 nitrogen and oxygen atoms in total. The number of halogens is 2. The van der Waals surface area contributed by atoms with Gasteiger partial charge in [-0.3, -0.25) is 0 Å². The van der Waals surface area contributed by atoms with E-state index in [-0.39, 0.29) is 5.56 Å². The first-order valence-electron chi connectivity index (χ1n) is 4.57. The van der Waals surface area contributed by atoms with Gasteiger partial charge in [-0.15, -0.1) is 0 Å². The third kappa shape index (κ3) is 2.20. The van der Waals surface area contributed by atoms with Crippen LogP contribution in [-0.2, 0) is 0 Å². The fourth-order valence-corrected chi connectivity index (χ4v) is 1.39. The normalized spacial score (nSPS) is 12.4. The Kier molecular flexibility index (Phi) is 2.87. The molecular formula is C11H8F2N2O. The molecule has 0 spiro atoms. The summed E-state index contributed by atoms with van der Waals surface area (Å²) in [6.07, 6.45) is 1.63.